The number of fused-ring (bicyclic) bond motifs is 1. The summed E-state index contributed by atoms with van der Waals surface area (Å²) < 4.78 is 5.73. The third kappa shape index (κ3) is 2.53. The van der Waals surface area contributed by atoms with E-state index in [1.54, 1.807) is 6.07 Å². The molecule has 100 valence electrons. The smallest absolute Gasteiger partial charge is 0.219 e. The molecule has 0 unspecified atom stereocenters. The fourth-order valence-corrected chi connectivity index (χ4v) is 2.26. The molecule has 20 heavy (non-hydrogen) atoms. The first-order valence-corrected chi connectivity index (χ1v) is 6.60. The van der Waals surface area contributed by atoms with Gasteiger partial charge in [0.2, 0.25) is 5.88 Å². The lowest BCUT2D eigenvalue weighted by atomic mass is 10.2. The number of hydrogen-bond donors (Lipinski definition) is 1. The van der Waals surface area contributed by atoms with Crippen LogP contribution in [0.1, 0.15) is 5.56 Å². The molecule has 2 N–H and O–H groups in total. The second-order valence-electron chi connectivity index (χ2n) is 4.64. The van der Waals surface area contributed by atoms with Gasteiger partial charge in [-0.3, -0.25) is 0 Å². The fraction of sp³-hybridized carbons (Fsp3) is 0.0625. The van der Waals surface area contributed by atoms with Gasteiger partial charge in [0, 0.05) is 17.1 Å². The van der Waals surface area contributed by atoms with Crippen LogP contribution in [0.15, 0.2) is 48.5 Å². The molecule has 3 nitrogen and oxygen atoms in total. The number of nitrogen functional groups attached to an aromatic ring is 1. The number of anilines is 1. The lowest BCUT2D eigenvalue weighted by Gasteiger charge is -2.08. The summed E-state index contributed by atoms with van der Waals surface area (Å²) in [5.41, 5.74) is 8.38. The lowest BCUT2D eigenvalue weighted by molar-refractivity contribution is 0.465. The molecule has 1 aromatic heterocycles. The second-order valence-corrected chi connectivity index (χ2v) is 5.04. The van der Waals surface area contributed by atoms with Crippen molar-refractivity contribution >= 4 is 28.2 Å². The molecule has 2 aromatic carbocycles. The monoisotopic (exact) mass is 284 g/mol. The number of aryl methyl sites for hydroxylation is 1. The average molecular weight is 285 g/mol. The summed E-state index contributed by atoms with van der Waals surface area (Å²) in [7, 11) is 0. The Morgan fingerprint density at radius 1 is 1.05 bits per heavy atom. The van der Waals surface area contributed by atoms with E-state index < -0.39 is 0 Å². The first-order valence-electron chi connectivity index (χ1n) is 6.22. The molecule has 0 atom stereocenters. The average Bonchev–Trinajstić information content (AvgIpc) is 2.42. The van der Waals surface area contributed by atoms with E-state index in [0.29, 0.717) is 16.7 Å². The Bertz CT molecular complexity index is 787. The zero-order valence-corrected chi connectivity index (χ0v) is 11.7. The van der Waals surface area contributed by atoms with Crippen LogP contribution in [-0.4, -0.2) is 4.98 Å². The number of hydrogen-bond acceptors (Lipinski definition) is 3. The van der Waals surface area contributed by atoms with Crippen molar-refractivity contribution in [2.45, 2.75) is 6.92 Å². The molecule has 0 bridgehead atoms. The molecule has 1 heterocycles. The Kier molecular flexibility index (Phi) is 3.20. The van der Waals surface area contributed by atoms with Crippen molar-refractivity contribution in [3.05, 3.63) is 59.1 Å². The highest BCUT2D eigenvalue weighted by atomic mass is 35.5. The van der Waals surface area contributed by atoms with Crippen molar-refractivity contribution in [2.24, 2.45) is 0 Å². The van der Waals surface area contributed by atoms with Crippen molar-refractivity contribution in [3.8, 4) is 11.6 Å². The Hall–Kier alpha value is -2.26. The Morgan fingerprint density at radius 2 is 1.90 bits per heavy atom. The van der Waals surface area contributed by atoms with Gasteiger partial charge < -0.3 is 10.5 Å². The van der Waals surface area contributed by atoms with E-state index in [0.717, 1.165) is 22.2 Å². The van der Waals surface area contributed by atoms with Gasteiger partial charge in [-0.05, 0) is 48.9 Å². The topological polar surface area (TPSA) is 48.1 Å². The minimum atomic E-state index is 0.507. The molecule has 0 spiro atoms. The van der Waals surface area contributed by atoms with E-state index in [9.17, 15) is 0 Å². The van der Waals surface area contributed by atoms with E-state index in [-0.39, 0.29) is 0 Å². The summed E-state index contributed by atoms with van der Waals surface area (Å²) in [6, 6.07) is 14.9. The number of pyridine rings is 1. The molecule has 3 aromatic rings. The highest BCUT2D eigenvalue weighted by Gasteiger charge is 2.05. The molecule has 0 aliphatic heterocycles. The van der Waals surface area contributed by atoms with Crippen LogP contribution < -0.4 is 10.5 Å². The number of benzene rings is 2. The molecule has 0 radical (unpaired) electrons. The number of ether oxygens (including phenoxy) is 1. The van der Waals surface area contributed by atoms with Gasteiger partial charge in [0.15, 0.2) is 0 Å². The summed E-state index contributed by atoms with van der Waals surface area (Å²) in [6.45, 7) is 1.98. The standard InChI is InChI=1S/C16H13ClN2O/c1-10-2-6-15(13(17)8-10)20-16-7-3-11-9-12(18)4-5-14(11)19-16/h2-9H,18H2,1H3. The first-order chi connectivity index (χ1) is 9.61. The normalized spacial score (nSPS) is 10.7. The molecule has 3 rings (SSSR count). The number of aromatic nitrogens is 1. The van der Waals surface area contributed by atoms with Crippen molar-refractivity contribution in [3.63, 3.8) is 0 Å². The van der Waals surface area contributed by atoms with E-state index in [2.05, 4.69) is 4.98 Å². The van der Waals surface area contributed by atoms with Crippen molar-refractivity contribution in [1.82, 2.24) is 4.98 Å². The third-order valence-corrected chi connectivity index (χ3v) is 3.28. The lowest BCUT2D eigenvalue weighted by Crippen LogP contribution is -1.91. The molecule has 0 aliphatic rings. The molecule has 0 aliphatic carbocycles. The maximum absolute atomic E-state index is 6.15. The van der Waals surface area contributed by atoms with E-state index in [4.69, 9.17) is 22.1 Å². The van der Waals surface area contributed by atoms with Crippen molar-refractivity contribution < 1.29 is 4.74 Å². The first kappa shape index (κ1) is 12.8. The van der Waals surface area contributed by atoms with Crippen LogP contribution in [-0.2, 0) is 0 Å². The molecule has 4 heteroatoms. The van der Waals surface area contributed by atoms with E-state index in [1.165, 1.54) is 0 Å². The van der Waals surface area contributed by atoms with Gasteiger partial charge in [0.25, 0.3) is 0 Å². The van der Waals surface area contributed by atoms with Crippen LogP contribution in [0.4, 0.5) is 5.69 Å². The van der Waals surface area contributed by atoms with Gasteiger partial charge in [-0.25, -0.2) is 4.98 Å². The quantitative estimate of drug-likeness (QED) is 0.701. The predicted octanol–water partition coefficient (Wildman–Crippen LogP) is 4.57. The van der Waals surface area contributed by atoms with Crippen LogP contribution >= 0.6 is 11.6 Å². The van der Waals surface area contributed by atoms with Gasteiger partial charge in [-0.15, -0.1) is 0 Å². The van der Waals surface area contributed by atoms with Crippen LogP contribution in [0.25, 0.3) is 10.9 Å². The van der Waals surface area contributed by atoms with E-state index in [1.807, 2.05) is 49.4 Å². The molecule has 0 amide bonds. The van der Waals surface area contributed by atoms with E-state index >= 15 is 0 Å². The minimum Gasteiger partial charge on any atom is -0.437 e. The van der Waals surface area contributed by atoms with Gasteiger partial charge >= 0.3 is 0 Å². The number of halogens is 1. The highest BCUT2D eigenvalue weighted by Crippen LogP contribution is 2.30. The molecular formula is C16H13ClN2O. The zero-order valence-electron chi connectivity index (χ0n) is 10.9. The van der Waals surface area contributed by atoms with Gasteiger partial charge in [-0.2, -0.15) is 0 Å². The van der Waals surface area contributed by atoms with Crippen LogP contribution in [0.2, 0.25) is 5.02 Å². The Labute approximate surface area is 122 Å². The third-order valence-electron chi connectivity index (χ3n) is 2.99. The number of rotatable bonds is 2. The highest BCUT2D eigenvalue weighted by molar-refractivity contribution is 6.32. The molecule has 0 saturated heterocycles. The SMILES string of the molecule is Cc1ccc(Oc2ccc3cc(N)ccc3n2)c(Cl)c1. The van der Waals surface area contributed by atoms with Crippen LogP contribution in [0, 0.1) is 6.92 Å². The second kappa shape index (κ2) is 5.02. The summed E-state index contributed by atoms with van der Waals surface area (Å²) in [6.07, 6.45) is 0. The number of nitrogens with two attached hydrogens (primary N) is 1. The number of nitrogens with zero attached hydrogens (tertiary/aromatic N) is 1. The fourth-order valence-electron chi connectivity index (χ4n) is 1.98. The summed E-state index contributed by atoms with van der Waals surface area (Å²) >= 11 is 6.15. The maximum atomic E-state index is 6.15. The van der Waals surface area contributed by atoms with Crippen LogP contribution in [0.3, 0.4) is 0 Å². The van der Waals surface area contributed by atoms with Crippen molar-refractivity contribution in [1.29, 1.82) is 0 Å². The maximum Gasteiger partial charge on any atom is 0.219 e. The largest absolute Gasteiger partial charge is 0.437 e. The minimum absolute atomic E-state index is 0.507. The molecule has 0 saturated carbocycles. The Morgan fingerprint density at radius 3 is 2.70 bits per heavy atom. The predicted molar refractivity (Wildman–Crippen MR) is 82.4 cm³/mol. The van der Waals surface area contributed by atoms with Crippen molar-refractivity contribution in [2.75, 3.05) is 5.73 Å². The molecular weight excluding hydrogens is 272 g/mol. The van der Waals surface area contributed by atoms with Gasteiger partial charge in [0.1, 0.15) is 5.75 Å². The van der Waals surface area contributed by atoms with Gasteiger partial charge in [-0.1, -0.05) is 17.7 Å². The summed E-state index contributed by atoms with van der Waals surface area (Å²) in [5, 5.41) is 1.55. The van der Waals surface area contributed by atoms with Gasteiger partial charge in [0.05, 0.1) is 10.5 Å². The summed E-state index contributed by atoms with van der Waals surface area (Å²) in [4.78, 5) is 4.44. The zero-order chi connectivity index (χ0) is 14.1. The molecule has 0 fully saturated rings. The Balaban J connectivity index is 1.96. The van der Waals surface area contributed by atoms with Crippen LogP contribution in [0.5, 0.6) is 11.6 Å². The summed E-state index contributed by atoms with van der Waals surface area (Å²) in [5.74, 6) is 1.10.